The van der Waals surface area contributed by atoms with Gasteiger partial charge in [0.05, 0.1) is 0 Å². The Bertz CT molecular complexity index is 396. The molecule has 0 rings (SSSR count). The minimum atomic E-state index is -0.480. The first-order chi connectivity index (χ1) is 9.85. The fourth-order valence-electron chi connectivity index (χ4n) is 1.95. The molecule has 0 aliphatic carbocycles. The highest BCUT2D eigenvalue weighted by Gasteiger charge is 2.03. The summed E-state index contributed by atoms with van der Waals surface area (Å²) in [5.41, 5.74) is 0.888. The Morgan fingerprint density at radius 3 is 2.48 bits per heavy atom. The van der Waals surface area contributed by atoms with Crippen LogP contribution in [-0.2, 0) is 9.53 Å². The zero-order valence-corrected chi connectivity index (χ0v) is 14.2. The maximum absolute atomic E-state index is 11.5. The van der Waals surface area contributed by atoms with Crippen molar-refractivity contribution in [1.29, 1.82) is 0 Å². The van der Waals surface area contributed by atoms with Crippen LogP contribution in [-0.4, -0.2) is 12.1 Å². The highest BCUT2D eigenvalue weighted by atomic mass is 16.5. The van der Waals surface area contributed by atoms with Crippen molar-refractivity contribution in [2.75, 3.05) is 0 Å². The minimum Gasteiger partial charge on any atom is -0.446 e. The van der Waals surface area contributed by atoms with Gasteiger partial charge in [0.1, 0.15) is 0 Å². The molecule has 118 valence electrons. The van der Waals surface area contributed by atoms with Crippen molar-refractivity contribution in [1.82, 2.24) is 0 Å². The molecule has 2 atom stereocenters. The van der Waals surface area contributed by atoms with Gasteiger partial charge in [-0.2, -0.15) is 0 Å². The van der Waals surface area contributed by atoms with Crippen LogP contribution in [0.5, 0.6) is 0 Å². The Morgan fingerprint density at radius 2 is 1.90 bits per heavy atom. The van der Waals surface area contributed by atoms with Crippen LogP contribution in [0.4, 0.5) is 0 Å². The molecule has 0 saturated carbocycles. The van der Waals surface area contributed by atoms with Crippen LogP contribution < -0.4 is 0 Å². The van der Waals surface area contributed by atoms with E-state index in [4.69, 9.17) is 11.2 Å². The van der Waals surface area contributed by atoms with E-state index < -0.39 is 6.10 Å². The number of carbonyl (C=O) groups excluding carboxylic acids is 1. The number of terminal acetylenes is 1. The number of hydrogen-bond donors (Lipinski definition) is 0. The van der Waals surface area contributed by atoms with E-state index in [2.05, 4.69) is 32.8 Å². The van der Waals surface area contributed by atoms with Crippen molar-refractivity contribution in [3.8, 4) is 12.3 Å². The number of ether oxygens (including phenoxy) is 1. The number of esters is 1. The Labute approximate surface area is 130 Å². The van der Waals surface area contributed by atoms with E-state index in [1.54, 1.807) is 6.92 Å². The van der Waals surface area contributed by atoms with Crippen molar-refractivity contribution < 1.29 is 9.53 Å². The van der Waals surface area contributed by atoms with Crippen molar-refractivity contribution in [2.24, 2.45) is 11.8 Å². The molecule has 2 unspecified atom stereocenters. The van der Waals surface area contributed by atoms with Gasteiger partial charge in [-0.3, -0.25) is 0 Å². The van der Waals surface area contributed by atoms with Crippen molar-refractivity contribution >= 4 is 5.97 Å². The summed E-state index contributed by atoms with van der Waals surface area (Å²) in [5, 5.41) is 0. The molecule has 0 N–H and O–H groups in total. The van der Waals surface area contributed by atoms with E-state index in [0.717, 1.165) is 17.9 Å². The molecule has 0 heterocycles. The molecular weight excluding hydrogens is 260 g/mol. The number of rotatable bonds is 9. The topological polar surface area (TPSA) is 26.3 Å². The van der Waals surface area contributed by atoms with Gasteiger partial charge in [0.25, 0.3) is 0 Å². The summed E-state index contributed by atoms with van der Waals surface area (Å²) in [6.07, 6.45) is 15.1. The Hall–Kier alpha value is -1.49. The van der Waals surface area contributed by atoms with Crippen molar-refractivity contribution in [2.45, 2.75) is 66.4 Å². The number of carbonyl (C=O) groups is 1. The second-order valence-electron chi connectivity index (χ2n) is 6.20. The highest BCUT2D eigenvalue weighted by Crippen LogP contribution is 2.15. The smallest absolute Gasteiger partial charge is 0.332 e. The van der Waals surface area contributed by atoms with Crippen LogP contribution >= 0.6 is 0 Å². The van der Waals surface area contributed by atoms with Gasteiger partial charge in [-0.05, 0) is 37.7 Å². The molecule has 0 fully saturated rings. The third-order valence-electron chi connectivity index (χ3n) is 3.27. The van der Waals surface area contributed by atoms with Crippen LogP contribution in [0.25, 0.3) is 0 Å². The van der Waals surface area contributed by atoms with Gasteiger partial charge in [-0.15, -0.1) is 6.42 Å². The zero-order chi connectivity index (χ0) is 16.3. The molecule has 0 spiro atoms. The van der Waals surface area contributed by atoms with E-state index in [0.29, 0.717) is 5.92 Å². The molecule has 0 aromatic heterocycles. The Kier molecular flexibility index (Phi) is 10.4. The molecular formula is C19H30O2. The first-order valence-corrected chi connectivity index (χ1v) is 7.86. The third kappa shape index (κ3) is 12.0. The van der Waals surface area contributed by atoms with Crippen LogP contribution in [0.2, 0.25) is 0 Å². The van der Waals surface area contributed by atoms with E-state index in [9.17, 15) is 4.79 Å². The Balaban J connectivity index is 4.06. The van der Waals surface area contributed by atoms with Gasteiger partial charge < -0.3 is 4.74 Å². The third-order valence-corrected chi connectivity index (χ3v) is 3.27. The average Bonchev–Trinajstić information content (AvgIpc) is 2.37. The number of allylic oxidation sites excluding steroid dienone is 3. The molecule has 2 heteroatoms. The summed E-state index contributed by atoms with van der Waals surface area (Å²) < 4.78 is 4.99. The second-order valence-corrected chi connectivity index (χ2v) is 6.20. The number of hydrogen-bond acceptors (Lipinski definition) is 2. The minimum absolute atomic E-state index is 0.382. The standard InChI is InChI=1S/C19H30O2/c1-7-18(6)21-19(20)14-17(5)13-9-12-16(4)11-8-10-15(2)3/h1,9,13-16,18H,8,10-12H2,2-6H3. The molecule has 0 aliphatic rings. The lowest BCUT2D eigenvalue weighted by Crippen LogP contribution is -2.10. The molecule has 2 nitrogen and oxygen atoms in total. The lowest BCUT2D eigenvalue weighted by Gasteiger charge is -2.09. The quantitative estimate of drug-likeness (QED) is 0.261. The van der Waals surface area contributed by atoms with Crippen LogP contribution in [0.1, 0.15) is 60.3 Å². The van der Waals surface area contributed by atoms with E-state index in [-0.39, 0.29) is 5.97 Å². The molecule has 0 aromatic rings. The van der Waals surface area contributed by atoms with Gasteiger partial charge in [0, 0.05) is 6.08 Å². The Morgan fingerprint density at radius 1 is 1.24 bits per heavy atom. The van der Waals surface area contributed by atoms with Crippen LogP contribution in [0.3, 0.4) is 0 Å². The fraction of sp³-hybridized carbons (Fsp3) is 0.632. The predicted octanol–water partition coefficient (Wildman–Crippen LogP) is 4.91. The molecule has 0 aromatic carbocycles. The van der Waals surface area contributed by atoms with Gasteiger partial charge in [0.2, 0.25) is 0 Å². The fourth-order valence-corrected chi connectivity index (χ4v) is 1.95. The first-order valence-electron chi connectivity index (χ1n) is 7.86. The van der Waals surface area contributed by atoms with E-state index in [1.807, 2.05) is 13.0 Å². The van der Waals surface area contributed by atoms with E-state index in [1.165, 1.54) is 25.3 Å². The molecule has 21 heavy (non-hydrogen) atoms. The van der Waals surface area contributed by atoms with Gasteiger partial charge >= 0.3 is 5.97 Å². The van der Waals surface area contributed by atoms with E-state index >= 15 is 0 Å². The molecule has 0 aliphatic heterocycles. The second kappa shape index (κ2) is 11.2. The maximum atomic E-state index is 11.5. The van der Waals surface area contributed by atoms with Gasteiger partial charge in [0.15, 0.2) is 6.10 Å². The summed E-state index contributed by atoms with van der Waals surface area (Å²) in [4.78, 5) is 11.5. The average molecular weight is 290 g/mol. The van der Waals surface area contributed by atoms with Crippen molar-refractivity contribution in [3.63, 3.8) is 0 Å². The largest absolute Gasteiger partial charge is 0.446 e. The maximum Gasteiger partial charge on any atom is 0.332 e. The van der Waals surface area contributed by atoms with Gasteiger partial charge in [-0.25, -0.2) is 4.79 Å². The lowest BCUT2D eigenvalue weighted by atomic mass is 9.97. The van der Waals surface area contributed by atoms with Gasteiger partial charge in [-0.1, -0.05) is 58.1 Å². The van der Waals surface area contributed by atoms with Crippen LogP contribution in [0, 0.1) is 24.2 Å². The zero-order valence-electron chi connectivity index (χ0n) is 14.2. The highest BCUT2D eigenvalue weighted by molar-refractivity contribution is 5.83. The summed E-state index contributed by atoms with van der Waals surface area (Å²) in [7, 11) is 0. The summed E-state index contributed by atoms with van der Waals surface area (Å²) in [6.45, 7) is 10.4. The summed E-state index contributed by atoms with van der Waals surface area (Å²) in [5.74, 6) is 3.45. The van der Waals surface area contributed by atoms with Crippen LogP contribution in [0.15, 0.2) is 23.8 Å². The first kappa shape index (κ1) is 19.5. The normalized spacial score (nSPS) is 15.0. The molecule has 0 amide bonds. The monoisotopic (exact) mass is 290 g/mol. The lowest BCUT2D eigenvalue weighted by molar-refractivity contribution is -0.139. The van der Waals surface area contributed by atoms with Crippen molar-refractivity contribution in [3.05, 3.63) is 23.8 Å². The molecule has 0 saturated heterocycles. The SMILES string of the molecule is C#CC(C)OC(=O)C=C(C)C=CCC(C)CCCC(C)C. The molecule has 0 bridgehead atoms. The predicted molar refractivity (Wildman–Crippen MR) is 89.8 cm³/mol. The summed E-state index contributed by atoms with van der Waals surface area (Å²) in [6, 6.07) is 0. The molecule has 0 radical (unpaired) electrons. The summed E-state index contributed by atoms with van der Waals surface area (Å²) >= 11 is 0.